The van der Waals surface area contributed by atoms with Crippen LogP contribution in [0.5, 0.6) is 0 Å². The lowest BCUT2D eigenvalue weighted by Crippen LogP contribution is -2.09. The summed E-state index contributed by atoms with van der Waals surface area (Å²) in [5.74, 6) is 0.282. The van der Waals surface area contributed by atoms with Crippen molar-refractivity contribution < 1.29 is 14.8 Å². The van der Waals surface area contributed by atoms with Crippen molar-refractivity contribution >= 4 is 17.4 Å². The first kappa shape index (κ1) is 21.6. The van der Waals surface area contributed by atoms with Gasteiger partial charge >= 0.3 is 0 Å². The normalized spacial score (nSPS) is 17.3. The second-order valence-electron chi connectivity index (χ2n) is 6.25. The first-order valence-corrected chi connectivity index (χ1v) is 9.10. The minimum atomic E-state index is -0.182. The van der Waals surface area contributed by atoms with Crippen molar-refractivity contribution in [3.8, 4) is 0 Å². The summed E-state index contributed by atoms with van der Waals surface area (Å²) < 4.78 is 0. The number of nitrogens with zero attached hydrogens (tertiary/aromatic N) is 1. The van der Waals surface area contributed by atoms with Gasteiger partial charge < -0.3 is 10.9 Å². The zero-order chi connectivity index (χ0) is 17.3. The molecule has 2 saturated carbocycles. The van der Waals surface area contributed by atoms with Crippen LogP contribution in [0.15, 0.2) is 5.16 Å². The zero-order valence-electron chi connectivity index (χ0n) is 14.7. The first-order valence-electron chi connectivity index (χ1n) is 9.10. The van der Waals surface area contributed by atoms with Crippen molar-refractivity contribution in [2.24, 2.45) is 10.9 Å². The van der Waals surface area contributed by atoms with Gasteiger partial charge in [0.1, 0.15) is 5.78 Å². The van der Waals surface area contributed by atoms with Crippen LogP contribution in [0.4, 0.5) is 0 Å². The topological polar surface area (TPSA) is 92.8 Å². The molecule has 5 nitrogen and oxygen atoms in total. The molecule has 0 atom stereocenters. The molecule has 2 aliphatic rings. The first-order chi connectivity index (χ1) is 11.1. The van der Waals surface area contributed by atoms with Crippen molar-refractivity contribution in [2.75, 3.05) is 0 Å². The van der Waals surface area contributed by atoms with Crippen LogP contribution in [0.1, 0.15) is 96.8 Å². The molecule has 0 aromatic carbocycles. The molecule has 0 unspecified atom stereocenters. The number of Topliss-reactive ketones (excluding diaryl/α,β-unsaturated/α-hetero) is 1. The molecule has 23 heavy (non-hydrogen) atoms. The van der Waals surface area contributed by atoms with Crippen LogP contribution in [-0.2, 0) is 9.59 Å². The average molecular weight is 326 g/mol. The van der Waals surface area contributed by atoms with Crippen LogP contribution in [0.3, 0.4) is 0 Å². The average Bonchev–Trinajstić information content (AvgIpc) is 2.57. The number of rotatable bonds is 4. The third-order valence-corrected chi connectivity index (χ3v) is 4.01. The third-order valence-electron chi connectivity index (χ3n) is 4.01. The van der Waals surface area contributed by atoms with E-state index in [-0.39, 0.29) is 5.91 Å². The Morgan fingerprint density at radius 3 is 1.83 bits per heavy atom. The number of amides is 1. The molecular formula is C18H34N2O3. The Balaban J connectivity index is 0.000000316. The molecule has 2 rings (SSSR count). The summed E-state index contributed by atoms with van der Waals surface area (Å²) >= 11 is 0. The van der Waals surface area contributed by atoms with E-state index in [1.807, 2.05) is 0 Å². The van der Waals surface area contributed by atoms with Crippen LogP contribution in [0.25, 0.3) is 0 Å². The largest absolute Gasteiger partial charge is 0.411 e. The summed E-state index contributed by atoms with van der Waals surface area (Å²) in [6.45, 7) is 2.10. The van der Waals surface area contributed by atoms with Crippen LogP contribution in [0, 0.1) is 0 Å². The quantitative estimate of drug-likeness (QED) is 0.457. The minimum absolute atomic E-state index is 0.182. The van der Waals surface area contributed by atoms with Gasteiger partial charge in [-0.25, -0.2) is 0 Å². The Hall–Kier alpha value is -1.39. The second kappa shape index (κ2) is 15.5. The molecule has 0 heterocycles. The Labute approximate surface area is 140 Å². The van der Waals surface area contributed by atoms with Gasteiger partial charge in [0.25, 0.3) is 0 Å². The third kappa shape index (κ3) is 15.3. The number of hydrogen-bond acceptors (Lipinski definition) is 4. The molecule has 3 N–H and O–H groups in total. The standard InChI is InChI=1S/C6H11NO.C6H13NO.C6H10O/c8-7-6-4-2-1-3-5-6;1-2-3-4-5-6(7)8;7-6-4-2-1-3-5-6/h8H,1-5H2;2-5H2,1H3,(H2,7,8);1-5H2. The summed E-state index contributed by atoms with van der Waals surface area (Å²) in [5, 5.41) is 11.4. The molecule has 134 valence electrons. The fourth-order valence-electron chi connectivity index (χ4n) is 2.56. The lowest BCUT2D eigenvalue weighted by molar-refractivity contribution is -0.120. The monoisotopic (exact) mass is 326 g/mol. The Kier molecular flexibility index (Phi) is 14.6. The van der Waals surface area contributed by atoms with Crippen molar-refractivity contribution in [2.45, 2.75) is 96.8 Å². The van der Waals surface area contributed by atoms with Crippen LogP contribution < -0.4 is 5.73 Å². The van der Waals surface area contributed by atoms with E-state index in [9.17, 15) is 9.59 Å². The van der Waals surface area contributed by atoms with Crippen molar-refractivity contribution in [1.29, 1.82) is 0 Å². The van der Waals surface area contributed by atoms with Gasteiger partial charge in [-0.1, -0.05) is 37.8 Å². The van der Waals surface area contributed by atoms with Gasteiger partial charge in [-0.05, 0) is 44.9 Å². The van der Waals surface area contributed by atoms with Gasteiger partial charge in [0.05, 0.1) is 5.71 Å². The lowest BCUT2D eigenvalue weighted by Gasteiger charge is -2.08. The molecule has 2 fully saturated rings. The van der Waals surface area contributed by atoms with E-state index in [2.05, 4.69) is 12.1 Å². The predicted octanol–water partition coefficient (Wildman–Crippen LogP) is 4.35. The van der Waals surface area contributed by atoms with Gasteiger partial charge in [0.15, 0.2) is 0 Å². The second-order valence-corrected chi connectivity index (χ2v) is 6.25. The van der Waals surface area contributed by atoms with Gasteiger partial charge in [-0.15, -0.1) is 0 Å². The predicted molar refractivity (Wildman–Crippen MR) is 93.7 cm³/mol. The molecule has 0 aliphatic heterocycles. The van der Waals surface area contributed by atoms with E-state index in [4.69, 9.17) is 10.9 Å². The van der Waals surface area contributed by atoms with E-state index >= 15 is 0 Å². The number of hydrogen-bond donors (Lipinski definition) is 2. The molecule has 0 aromatic rings. The Bertz CT molecular complexity index is 338. The van der Waals surface area contributed by atoms with E-state index in [0.29, 0.717) is 12.2 Å². The number of oxime groups is 1. The lowest BCUT2D eigenvalue weighted by atomic mass is 9.99. The number of nitrogens with two attached hydrogens (primary N) is 1. The summed E-state index contributed by atoms with van der Waals surface area (Å²) in [4.78, 5) is 20.6. The number of ketones is 1. The highest BCUT2D eigenvalue weighted by molar-refractivity contribution is 5.84. The molecule has 0 saturated heterocycles. The van der Waals surface area contributed by atoms with Gasteiger partial charge in [0, 0.05) is 19.3 Å². The van der Waals surface area contributed by atoms with Gasteiger partial charge in [0.2, 0.25) is 5.91 Å². The molecule has 5 heteroatoms. The molecule has 0 aromatic heterocycles. The highest BCUT2D eigenvalue weighted by atomic mass is 16.4. The summed E-state index contributed by atoms with van der Waals surface area (Å²) in [6, 6.07) is 0. The maximum Gasteiger partial charge on any atom is 0.217 e. The summed E-state index contributed by atoms with van der Waals surface area (Å²) in [5.41, 5.74) is 5.88. The number of unbranched alkanes of at least 4 members (excludes halogenated alkanes) is 2. The molecule has 0 bridgehead atoms. The van der Waals surface area contributed by atoms with Crippen LogP contribution in [0.2, 0.25) is 0 Å². The smallest absolute Gasteiger partial charge is 0.217 e. The van der Waals surface area contributed by atoms with E-state index in [0.717, 1.165) is 63.5 Å². The van der Waals surface area contributed by atoms with E-state index in [1.54, 1.807) is 0 Å². The molecular weight excluding hydrogens is 292 g/mol. The zero-order valence-corrected chi connectivity index (χ0v) is 14.7. The molecule has 0 spiro atoms. The van der Waals surface area contributed by atoms with E-state index < -0.39 is 0 Å². The fourth-order valence-corrected chi connectivity index (χ4v) is 2.56. The van der Waals surface area contributed by atoms with Gasteiger partial charge in [-0.3, -0.25) is 9.59 Å². The van der Waals surface area contributed by atoms with Crippen LogP contribution in [-0.4, -0.2) is 22.6 Å². The molecule has 0 radical (unpaired) electrons. The highest BCUT2D eigenvalue weighted by Gasteiger charge is 2.06. The van der Waals surface area contributed by atoms with Crippen LogP contribution >= 0.6 is 0 Å². The van der Waals surface area contributed by atoms with E-state index in [1.165, 1.54) is 25.7 Å². The fraction of sp³-hybridized carbons (Fsp3) is 0.833. The summed E-state index contributed by atoms with van der Waals surface area (Å²) in [6.07, 6.45) is 14.7. The molecule has 1 amide bonds. The van der Waals surface area contributed by atoms with Crippen molar-refractivity contribution in [3.05, 3.63) is 0 Å². The molecule has 2 aliphatic carbocycles. The maximum atomic E-state index is 10.5. The Morgan fingerprint density at radius 1 is 1.00 bits per heavy atom. The Morgan fingerprint density at radius 2 is 1.52 bits per heavy atom. The number of carbonyl (C=O) groups is 2. The highest BCUT2D eigenvalue weighted by Crippen LogP contribution is 2.14. The summed E-state index contributed by atoms with van der Waals surface area (Å²) in [7, 11) is 0. The number of primary amides is 1. The maximum absolute atomic E-state index is 10.5. The van der Waals surface area contributed by atoms with Crippen molar-refractivity contribution in [3.63, 3.8) is 0 Å². The number of carbonyl (C=O) groups excluding carboxylic acids is 2. The van der Waals surface area contributed by atoms with Gasteiger partial charge in [-0.2, -0.15) is 0 Å². The SMILES string of the molecule is CCCCCC(N)=O.O=C1CCCCC1.ON=C1CCCCC1. The van der Waals surface area contributed by atoms with Crippen molar-refractivity contribution in [1.82, 2.24) is 0 Å². The minimum Gasteiger partial charge on any atom is -0.411 e.